The number of nitro groups is 2. The molecule has 0 atom stereocenters. The third kappa shape index (κ3) is 4.40. The molecule has 2 aromatic heterocycles. The molecule has 1 N–H and O–H groups in total. The summed E-state index contributed by atoms with van der Waals surface area (Å²) >= 11 is 0.989. The van der Waals surface area contributed by atoms with Gasteiger partial charge in [-0.05, 0) is 28.1 Å². The Hall–Kier alpha value is -4.13. The lowest BCUT2D eigenvalue weighted by molar-refractivity contribution is -0.394. The molecule has 4 rings (SSSR count). The Bertz CT molecular complexity index is 1270. The van der Waals surface area contributed by atoms with Crippen LogP contribution in [0.5, 0.6) is 0 Å². The molecule has 11 nitrogen and oxygen atoms in total. The SMILES string of the molecule is O=[N+]([O-])c1ccc(-c2cnc(Sc3nc([N+](=O)[O-])nn3Cc3ccccc3F)[nH]2)cc1. The molecule has 0 bridgehead atoms. The fourth-order valence-electron chi connectivity index (χ4n) is 2.71. The maximum Gasteiger partial charge on any atom is 0.492 e. The Kier molecular flexibility index (Phi) is 5.41. The minimum absolute atomic E-state index is 0.0357. The molecule has 13 heteroatoms. The Morgan fingerprint density at radius 1 is 1.06 bits per heavy atom. The molecule has 2 heterocycles. The van der Waals surface area contributed by atoms with Gasteiger partial charge in [-0.1, -0.05) is 18.2 Å². The molecular weight excluding hydrogens is 429 g/mol. The average Bonchev–Trinajstić information content (AvgIpc) is 3.38. The number of non-ortho nitro benzene ring substituents is 1. The number of halogens is 1. The van der Waals surface area contributed by atoms with Gasteiger partial charge in [0.2, 0.25) is 0 Å². The molecule has 0 unspecified atom stereocenters. The van der Waals surface area contributed by atoms with Crippen LogP contribution in [-0.2, 0) is 6.54 Å². The van der Waals surface area contributed by atoms with Gasteiger partial charge in [-0.25, -0.2) is 9.37 Å². The number of nitrogens with one attached hydrogen (secondary N) is 1. The van der Waals surface area contributed by atoms with Gasteiger partial charge < -0.3 is 15.1 Å². The van der Waals surface area contributed by atoms with Crippen molar-refractivity contribution in [3.63, 3.8) is 0 Å². The lowest BCUT2D eigenvalue weighted by atomic mass is 10.1. The summed E-state index contributed by atoms with van der Waals surface area (Å²) in [5.74, 6) is -1.07. The summed E-state index contributed by atoms with van der Waals surface area (Å²) in [6, 6.07) is 11.9. The lowest BCUT2D eigenvalue weighted by Gasteiger charge is -2.02. The van der Waals surface area contributed by atoms with Crippen LogP contribution in [0.15, 0.2) is 65.0 Å². The van der Waals surface area contributed by atoms with E-state index in [4.69, 9.17) is 0 Å². The summed E-state index contributed by atoms with van der Waals surface area (Å²) in [7, 11) is 0. The second-order valence-electron chi connectivity index (χ2n) is 6.21. The van der Waals surface area contributed by atoms with E-state index in [9.17, 15) is 24.6 Å². The molecule has 0 spiro atoms. The van der Waals surface area contributed by atoms with E-state index >= 15 is 0 Å². The van der Waals surface area contributed by atoms with Gasteiger partial charge in [0.15, 0.2) is 5.16 Å². The van der Waals surface area contributed by atoms with E-state index < -0.39 is 21.6 Å². The summed E-state index contributed by atoms with van der Waals surface area (Å²) in [4.78, 5) is 31.8. The van der Waals surface area contributed by atoms with Gasteiger partial charge in [0.1, 0.15) is 5.82 Å². The molecule has 0 amide bonds. The van der Waals surface area contributed by atoms with E-state index in [1.54, 1.807) is 30.3 Å². The summed E-state index contributed by atoms with van der Waals surface area (Å²) in [5, 5.41) is 26.3. The number of benzene rings is 2. The van der Waals surface area contributed by atoms with Crippen LogP contribution in [0.4, 0.5) is 16.0 Å². The molecular formula is C18H12FN7O4S. The van der Waals surface area contributed by atoms with Gasteiger partial charge in [-0.2, -0.15) is 4.68 Å². The van der Waals surface area contributed by atoms with E-state index in [-0.39, 0.29) is 17.4 Å². The molecule has 0 aliphatic heterocycles. The van der Waals surface area contributed by atoms with Gasteiger partial charge >= 0.3 is 5.95 Å². The van der Waals surface area contributed by atoms with E-state index in [1.165, 1.54) is 29.1 Å². The summed E-state index contributed by atoms with van der Waals surface area (Å²) < 4.78 is 15.2. The highest BCUT2D eigenvalue weighted by Crippen LogP contribution is 2.29. The minimum Gasteiger partial charge on any atom is -0.390 e. The van der Waals surface area contributed by atoms with Crippen molar-refractivity contribution < 1.29 is 14.2 Å². The number of nitro benzene ring substituents is 1. The molecule has 156 valence electrons. The highest BCUT2D eigenvalue weighted by atomic mass is 32.2. The number of imidazole rings is 1. The molecule has 0 fully saturated rings. The monoisotopic (exact) mass is 441 g/mol. The first-order valence-electron chi connectivity index (χ1n) is 8.71. The van der Waals surface area contributed by atoms with E-state index in [0.717, 1.165) is 11.8 Å². The number of rotatable bonds is 7. The predicted octanol–water partition coefficient (Wildman–Crippen LogP) is 3.82. The van der Waals surface area contributed by atoms with Crippen molar-refractivity contribution in [3.05, 3.63) is 86.3 Å². The van der Waals surface area contributed by atoms with Crippen molar-refractivity contribution in [2.45, 2.75) is 16.9 Å². The summed E-state index contributed by atoms with van der Waals surface area (Å²) in [6.07, 6.45) is 1.52. The highest BCUT2D eigenvalue weighted by Gasteiger charge is 2.24. The quantitative estimate of drug-likeness (QED) is 0.336. The molecule has 0 aliphatic carbocycles. The molecule has 0 aliphatic rings. The van der Waals surface area contributed by atoms with Crippen molar-refractivity contribution in [3.8, 4) is 11.3 Å². The Morgan fingerprint density at radius 2 is 1.81 bits per heavy atom. The van der Waals surface area contributed by atoms with Crippen LogP contribution in [0.2, 0.25) is 0 Å². The maximum atomic E-state index is 14.0. The van der Waals surface area contributed by atoms with Gasteiger partial charge in [0.25, 0.3) is 10.8 Å². The van der Waals surface area contributed by atoms with E-state index in [2.05, 4.69) is 20.1 Å². The van der Waals surface area contributed by atoms with Crippen LogP contribution in [-0.4, -0.2) is 34.6 Å². The lowest BCUT2D eigenvalue weighted by Crippen LogP contribution is -2.05. The number of aromatic amines is 1. The maximum absolute atomic E-state index is 14.0. The standard InChI is InChI=1S/C18H12FN7O4S/c19-14-4-2-1-3-12(14)10-24-18(22-16(23-24)26(29)30)31-17-20-9-15(21-17)11-5-7-13(8-6-11)25(27)28/h1-9H,10H2,(H,20,21). The normalized spacial score (nSPS) is 10.9. The van der Waals surface area contributed by atoms with Crippen LogP contribution < -0.4 is 0 Å². The van der Waals surface area contributed by atoms with Crippen molar-refractivity contribution in [2.24, 2.45) is 0 Å². The Morgan fingerprint density at radius 3 is 2.48 bits per heavy atom. The second-order valence-corrected chi connectivity index (χ2v) is 7.16. The Labute approximate surface area is 177 Å². The zero-order chi connectivity index (χ0) is 22.0. The third-order valence-corrected chi connectivity index (χ3v) is 5.08. The number of hydrogen-bond donors (Lipinski definition) is 1. The Balaban J connectivity index is 1.60. The number of H-pyrrole nitrogens is 1. The van der Waals surface area contributed by atoms with Crippen LogP contribution in [0.3, 0.4) is 0 Å². The van der Waals surface area contributed by atoms with Crippen LogP contribution in [0.1, 0.15) is 5.56 Å². The molecule has 4 aromatic rings. The summed E-state index contributed by atoms with van der Waals surface area (Å²) in [5.41, 5.74) is 1.53. The minimum atomic E-state index is -0.730. The summed E-state index contributed by atoms with van der Waals surface area (Å²) in [6.45, 7) is -0.0498. The van der Waals surface area contributed by atoms with Crippen LogP contribution in [0, 0.1) is 26.0 Å². The van der Waals surface area contributed by atoms with Gasteiger partial charge in [-0.3, -0.25) is 10.1 Å². The van der Waals surface area contributed by atoms with Crippen LogP contribution in [0.25, 0.3) is 11.3 Å². The smallest absolute Gasteiger partial charge is 0.390 e. The molecule has 2 aromatic carbocycles. The number of nitrogens with zero attached hydrogens (tertiary/aromatic N) is 6. The van der Waals surface area contributed by atoms with Gasteiger partial charge in [0, 0.05) is 40.1 Å². The van der Waals surface area contributed by atoms with Gasteiger partial charge in [0.05, 0.1) is 23.4 Å². The molecule has 0 saturated heterocycles. The number of aromatic nitrogens is 5. The highest BCUT2D eigenvalue weighted by molar-refractivity contribution is 7.99. The third-order valence-electron chi connectivity index (χ3n) is 4.20. The first-order chi connectivity index (χ1) is 14.9. The predicted molar refractivity (Wildman–Crippen MR) is 107 cm³/mol. The first kappa shape index (κ1) is 20.2. The zero-order valence-corrected chi connectivity index (χ0v) is 16.3. The van der Waals surface area contributed by atoms with Crippen molar-refractivity contribution in [2.75, 3.05) is 0 Å². The first-order valence-corrected chi connectivity index (χ1v) is 9.52. The van der Waals surface area contributed by atoms with E-state index in [0.29, 0.717) is 22.0 Å². The molecule has 0 radical (unpaired) electrons. The fraction of sp³-hybridized carbons (Fsp3) is 0.0556. The van der Waals surface area contributed by atoms with Crippen molar-refractivity contribution >= 4 is 23.4 Å². The second kappa shape index (κ2) is 8.31. The topological polar surface area (TPSA) is 146 Å². The average molecular weight is 441 g/mol. The number of hydrogen-bond acceptors (Lipinski definition) is 8. The van der Waals surface area contributed by atoms with Crippen LogP contribution >= 0.6 is 11.8 Å². The fourth-order valence-corrected chi connectivity index (χ4v) is 3.49. The largest absolute Gasteiger partial charge is 0.492 e. The molecule has 0 saturated carbocycles. The molecule has 31 heavy (non-hydrogen) atoms. The zero-order valence-electron chi connectivity index (χ0n) is 15.5. The van der Waals surface area contributed by atoms with Crippen molar-refractivity contribution in [1.82, 2.24) is 24.7 Å². The van der Waals surface area contributed by atoms with Crippen molar-refractivity contribution in [1.29, 1.82) is 0 Å². The van der Waals surface area contributed by atoms with E-state index in [1.807, 2.05) is 0 Å². The van der Waals surface area contributed by atoms with Gasteiger partial charge in [-0.15, -0.1) is 0 Å².